The highest BCUT2D eigenvalue weighted by Crippen LogP contribution is 2.42. The minimum atomic E-state index is -3.58. The smallest absolute Gasteiger partial charge is 0.253 e. The largest absolute Gasteiger partial charge is 0.395 e. The summed E-state index contributed by atoms with van der Waals surface area (Å²) in [6, 6.07) is 15.3. The number of hydrogen-bond donors (Lipinski definition) is 1. The highest BCUT2D eigenvalue weighted by Gasteiger charge is 2.53. The minimum Gasteiger partial charge on any atom is -0.395 e. The van der Waals surface area contributed by atoms with Gasteiger partial charge in [0.05, 0.1) is 25.0 Å². The van der Waals surface area contributed by atoms with Crippen molar-refractivity contribution in [2.45, 2.75) is 18.0 Å². The van der Waals surface area contributed by atoms with Crippen molar-refractivity contribution in [3.63, 3.8) is 0 Å². The van der Waals surface area contributed by atoms with Gasteiger partial charge in [-0.25, -0.2) is 8.42 Å². The van der Waals surface area contributed by atoms with E-state index in [1.807, 2.05) is 42.5 Å². The van der Waals surface area contributed by atoms with Gasteiger partial charge in [0.1, 0.15) is 6.04 Å². The molecule has 0 radical (unpaired) electrons. The normalized spacial score (nSPS) is 21.8. The van der Waals surface area contributed by atoms with Crippen LogP contribution < -0.4 is 0 Å². The maximum absolute atomic E-state index is 12.0. The Hall–Kier alpha value is -2.73. The van der Waals surface area contributed by atoms with Crippen molar-refractivity contribution in [2.24, 2.45) is 0 Å². The summed E-state index contributed by atoms with van der Waals surface area (Å²) >= 11 is 0. The number of benzene rings is 2. The highest BCUT2D eigenvalue weighted by molar-refractivity contribution is 7.88. The van der Waals surface area contributed by atoms with Crippen LogP contribution in [0.2, 0.25) is 0 Å². The monoisotopic (exact) mass is 413 g/mol. The lowest BCUT2D eigenvalue weighted by molar-refractivity contribution is 0.0564. The number of aliphatic hydroxyl groups is 1. The van der Waals surface area contributed by atoms with Gasteiger partial charge in [0, 0.05) is 25.6 Å². The number of amides is 1. The van der Waals surface area contributed by atoms with E-state index in [2.05, 4.69) is 0 Å². The molecule has 0 bridgehead atoms. The zero-order chi connectivity index (χ0) is 21.3. The van der Waals surface area contributed by atoms with E-state index >= 15 is 0 Å². The molecule has 3 atom stereocenters. The summed E-state index contributed by atoms with van der Waals surface area (Å²) in [7, 11) is -0.172. The molecule has 8 heteroatoms. The Kier molecular flexibility index (Phi) is 5.75. The molecule has 0 spiro atoms. The van der Waals surface area contributed by atoms with Gasteiger partial charge in [-0.2, -0.15) is 9.57 Å². The Morgan fingerprint density at radius 1 is 1.10 bits per heavy atom. The average molecular weight is 413 g/mol. The molecule has 7 nitrogen and oxygen atoms in total. The number of sulfonamides is 1. The van der Waals surface area contributed by atoms with Gasteiger partial charge in [-0.1, -0.05) is 36.4 Å². The van der Waals surface area contributed by atoms with Gasteiger partial charge in [-0.3, -0.25) is 4.79 Å². The van der Waals surface area contributed by atoms with Crippen molar-refractivity contribution in [3.8, 4) is 17.2 Å². The Labute approximate surface area is 170 Å². The van der Waals surface area contributed by atoms with Crippen LogP contribution in [0.15, 0.2) is 48.5 Å². The first-order chi connectivity index (χ1) is 13.7. The summed E-state index contributed by atoms with van der Waals surface area (Å²) in [6.07, 6.45) is 1.05. The predicted molar refractivity (Wildman–Crippen MR) is 110 cm³/mol. The number of nitriles is 1. The molecule has 1 heterocycles. The Morgan fingerprint density at radius 3 is 2.03 bits per heavy atom. The van der Waals surface area contributed by atoms with E-state index in [1.54, 1.807) is 26.2 Å². The van der Waals surface area contributed by atoms with Crippen LogP contribution in [0, 0.1) is 11.3 Å². The first-order valence-corrected chi connectivity index (χ1v) is 10.9. The van der Waals surface area contributed by atoms with Crippen molar-refractivity contribution in [2.75, 3.05) is 27.0 Å². The molecule has 1 aliphatic heterocycles. The van der Waals surface area contributed by atoms with Gasteiger partial charge in [0.2, 0.25) is 10.0 Å². The van der Waals surface area contributed by atoms with Gasteiger partial charge < -0.3 is 10.0 Å². The lowest BCUT2D eigenvalue weighted by Crippen LogP contribution is -2.64. The minimum absolute atomic E-state index is 0.0649. The molecule has 1 amide bonds. The summed E-state index contributed by atoms with van der Waals surface area (Å²) in [5, 5.41) is 19.1. The summed E-state index contributed by atoms with van der Waals surface area (Å²) in [5.74, 6) is -0.446. The quantitative estimate of drug-likeness (QED) is 0.803. The second kappa shape index (κ2) is 7.95. The zero-order valence-electron chi connectivity index (χ0n) is 16.5. The van der Waals surface area contributed by atoms with Crippen LogP contribution in [0.1, 0.15) is 21.8 Å². The van der Waals surface area contributed by atoms with Crippen molar-refractivity contribution in [3.05, 3.63) is 59.7 Å². The summed E-state index contributed by atoms with van der Waals surface area (Å²) in [6.45, 7) is -0.348. The average Bonchev–Trinajstić information content (AvgIpc) is 2.67. The number of hydrogen-bond acceptors (Lipinski definition) is 5. The highest BCUT2D eigenvalue weighted by atomic mass is 32.2. The van der Waals surface area contributed by atoms with Gasteiger partial charge in [0.15, 0.2) is 0 Å². The van der Waals surface area contributed by atoms with Crippen LogP contribution in [0.3, 0.4) is 0 Å². The second-order valence-electron chi connectivity index (χ2n) is 7.34. The lowest BCUT2D eigenvalue weighted by Gasteiger charge is -2.49. The third-order valence-corrected chi connectivity index (χ3v) is 6.49. The van der Waals surface area contributed by atoms with E-state index in [0.29, 0.717) is 5.56 Å². The van der Waals surface area contributed by atoms with E-state index < -0.39 is 22.1 Å². The molecule has 1 saturated heterocycles. The van der Waals surface area contributed by atoms with Crippen molar-refractivity contribution >= 4 is 15.9 Å². The molecule has 0 aromatic heterocycles. The second-order valence-corrected chi connectivity index (χ2v) is 9.23. The number of nitrogens with zero attached hydrogens (tertiary/aromatic N) is 3. The zero-order valence-corrected chi connectivity index (χ0v) is 17.3. The van der Waals surface area contributed by atoms with Crippen molar-refractivity contribution in [1.29, 1.82) is 5.26 Å². The fourth-order valence-electron chi connectivity index (χ4n) is 3.78. The molecule has 3 rings (SSSR count). The van der Waals surface area contributed by atoms with Crippen molar-refractivity contribution < 1.29 is 18.3 Å². The first kappa shape index (κ1) is 21.0. The SMILES string of the molecule is CN(C)C(=O)c1ccc(-c2ccc([C@@H]3[C@H](C#N)N(S(C)(=O)=O)[C@H]3CO)cc2)cc1. The van der Waals surface area contributed by atoms with Crippen LogP contribution in [-0.2, 0) is 10.0 Å². The molecule has 0 aliphatic carbocycles. The van der Waals surface area contributed by atoms with E-state index in [-0.39, 0.29) is 18.4 Å². The number of rotatable bonds is 5. The third-order valence-electron chi connectivity index (χ3n) is 5.22. The van der Waals surface area contributed by atoms with Gasteiger partial charge >= 0.3 is 0 Å². The topological polar surface area (TPSA) is 102 Å². The van der Waals surface area contributed by atoms with Gasteiger partial charge in [-0.15, -0.1) is 0 Å². The van der Waals surface area contributed by atoms with Gasteiger partial charge in [0.25, 0.3) is 5.91 Å². The van der Waals surface area contributed by atoms with E-state index in [0.717, 1.165) is 27.3 Å². The van der Waals surface area contributed by atoms with Crippen LogP contribution in [0.5, 0.6) is 0 Å². The first-order valence-electron chi connectivity index (χ1n) is 9.10. The summed E-state index contributed by atoms with van der Waals surface area (Å²) in [5.41, 5.74) is 3.28. The molecule has 29 heavy (non-hydrogen) atoms. The summed E-state index contributed by atoms with van der Waals surface area (Å²) < 4.78 is 24.9. The van der Waals surface area contributed by atoms with E-state index in [4.69, 9.17) is 0 Å². The van der Waals surface area contributed by atoms with E-state index in [1.165, 1.54) is 4.90 Å². The standard InChI is InChI=1S/C21H23N3O4S/c1-23(2)21(26)17-10-6-15(7-11-17)14-4-8-16(9-5-14)20-18(12-22)24(19(20)13-25)29(3,27)28/h4-11,18-20,25H,13H2,1-3H3/t18-,19-,20+/m0/s1. The fourth-order valence-corrected chi connectivity index (χ4v) is 5.06. The molecule has 0 saturated carbocycles. The summed E-state index contributed by atoms with van der Waals surface area (Å²) in [4.78, 5) is 13.5. The van der Waals surface area contributed by atoms with Crippen LogP contribution in [-0.4, -0.2) is 67.7 Å². The van der Waals surface area contributed by atoms with Crippen LogP contribution in [0.25, 0.3) is 11.1 Å². The molecule has 0 unspecified atom stereocenters. The molecular weight excluding hydrogens is 390 g/mol. The molecule has 1 aliphatic rings. The number of carbonyl (C=O) groups excluding carboxylic acids is 1. The Bertz CT molecular complexity index is 1040. The fraction of sp³-hybridized carbons (Fsp3) is 0.333. The molecule has 2 aromatic carbocycles. The van der Waals surface area contributed by atoms with Crippen LogP contribution >= 0.6 is 0 Å². The molecule has 2 aromatic rings. The third kappa shape index (κ3) is 3.90. The molecule has 1 N–H and O–H groups in total. The molecule has 152 valence electrons. The molecule has 1 fully saturated rings. The maximum atomic E-state index is 12.0. The Morgan fingerprint density at radius 2 is 1.62 bits per heavy atom. The van der Waals surface area contributed by atoms with Gasteiger partial charge in [-0.05, 0) is 28.8 Å². The Balaban J connectivity index is 1.84. The molecular formula is C21H23N3O4S. The number of aliphatic hydroxyl groups excluding tert-OH is 1. The maximum Gasteiger partial charge on any atom is 0.253 e. The predicted octanol–water partition coefficient (Wildman–Crippen LogP) is 1.67. The lowest BCUT2D eigenvalue weighted by atomic mass is 9.78. The van der Waals surface area contributed by atoms with Crippen molar-refractivity contribution in [1.82, 2.24) is 9.21 Å². The van der Waals surface area contributed by atoms with Crippen LogP contribution in [0.4, 0.5) is 0 Å². The number of carbonyl (C=O) groups is 1. The van der Waals surface area contributed by atoms with E-state index in [9.17, 15) is 23.6 Å².